The van der Waals surface area contributed by atoms with E-state index in [0.29, 0.717) is 5.69 Å². The zero-order valence-corrected chi connectivity index (χ0v) is 19.1. The minimum absolute atomic E-state index is 0.0137. The molecule has 0 aromatic heterocycles. The lowest BCUT2D eigenvalue weighted by molar-refractivity contribution is -0.128. The number of benzene rings is 2. The summed E-state index contributed by atoms with van der Waals surface area (Å²) in [7, 11) is 0. The van der Waals surface area contributed by atoms with Crippen molar-refractivity contribution in [3.8, 4) is 0 Å². The molecule has 1 N–H and O–H groups in total. The van der Waals surface area contributed by atoms with E-state index in [2.05, 4.69) is 11.4 Å². The second kappa shape index (κ2) is 9.33. The van der Waals surface area contributed by atoms with Crippen molar-refractivity contribution in [3.05, 3.63) is 53.6 Å². The lowest BCUT2D eigenvalue weighted by Gasteiger charge is -2.29. The molecule has 2 aromatic rings. The van der Waals surface area contributed by atoms with Crippen molar-refractivity contribution in [3.63, 3.8) is 0 Å². The number of para-hydroxylation sites is 1. The van der Waals surface area contributed by atoms with E-state index >= 15 is 0 Å². The predicted molar refractivity (Wildman–Crippen MR) is 126 cm³/mol. The number of nitrogens with one attached hydrogen (secondary N) is 1. The van der Waals surface area contributed by atoms with Crippen LogP contribution in [-0.2, 0) is 27.1 Å². The minimum Gasteiger partial charge on any atom is -0.446 e. The van der Waals surface area contributed by atoms with Crippen LogP contribution in [0.1, 0.15) is 57.6 Å². The summed E-state index contributed by atoms with van der Waals surface area (Å²) < 4.78 is 11.4. The highest BCUT2D eigenvalue weighted by atomic mass is 16.6. The number of aryl methyl sites for hydroxylation is 2. The quantitative estimate of drug-likeness (QED) is 0.625. The van der Waals surface area contributed by atoms with Gasteiger partial charge in [-0.1, -0.05) is 31.2 Å². The van der Waals surface area contributed by atoms with Crippen LogP contribution in [0.5, 0.6) is 0 Å². The summed E-state index contributed by atoms with van der Waals surface area (Å²) in [6.45, 7) is 6.00. The topological polar surface area (TPSA) is 67.9 Å². The van der Waals surface area contributed by atoms with Gasteiger partial charge in [-0.15, -0.1) is 0 Å². The van der Waals surface area contributed by atoms with Crippen LogP contribution in [0, 0.1) is 0 Å². The molecule has 1 aliphatic carbocycles. The summed E-state index contributed by atoms with van der Waals surface area (Å²) in [6, 6.07) is 13.7. The molecule has 32 heavy (non-hydrogen) atoms. The molecule has 1 fully saturated rings. The molecule has 2 aromatic carbocycles. The molecule has 0 unspecified atom stereocenters. The van der Waals surface area contributed by atoms with E-state index in [4.69, 9.17) is 9.47 Å². The van der Waals surface area contributed by atoms with E-state index < -0.39 is 6.09 Å². The van der Waals surface area contributed by atoms with Crippen molar-refractivity contribution in [1.82, 2.24) is 0 Å². The minimum atomic E-state index is -0.449. The van der Waals surface area contributed by atoms with Gasteiger partial charge in [0.25, 0.3) is 5.91 Å². The second-order valence-electron chi connectivity index (χ2n) is 9.19. The fourth-order valence-corrected chi connectivity index (χ4v) is 3.88. The first-order valence-corrected chi connectivity index (χ1v) is 11.5. The molecular weight excluding hydrogens is 404 g/mol. The van der Waals surface area contributed by atoms with Crippen LogP contribution >= 0.6 is 0 Å². The fraction of sp³-hybridized carbons (Fsp3) is 0.462. The largest absolute Gasteiger partial charge is 0.446 e. The number of nitrogens with zero attached hydrogens (tertiary/aromatic N) is 1. The zero-order chi connectivity index (χ0) is 22.7. The first kappa shape index (κ1) is 22.3. The summed E-state index contributed by atoms with van der Waals surface area (Å²) in [6.07, 6.45) is 4.97. The monoisotopic (exact) mass is 436 g/mol. The molecule has 6 nitrogen and oxygen atoms in total. The van der Waals surface area contributed by atoms with Crippen LogP contribution < -0.4 is 10.2 Å². The molecular formula is C26H32N2O4. The van der Waals surface area contributed by atoms with Gasteiger partial charge in [0.1, 0.15) is 12.7 Å². The lowest BCUT2D eigenvalue weighted by atomic mass is 9.96. The number of ether oxygens (including phenoxy) is 2. The van der Waals surface area contributed by atoms with Crippen LogP contribution in [0.25, 0.3) is 0 Å². The highest BCUT2D eigenvalue weighted by Crippen LogP contribution is 2.38. The number of anilines is 3. The third kappa shape index (κ3) is 4.96. The zero-order valence-electron chi connectivity index (χ0n) is 19.1. The molecule has 0 saturated heterocycles. The Morgan fingerprint density at radius 3 is 2.47 bits per heavy atom. The maximum Gasteiger partial charge on any atom is 0.411 e. The number of amides is 2. The Bertz CT molecular complexity index is 997. The van der Waals surface area contributed by atoms with E-state index in [9.17, 15) is 9.59 Å². The van der Waals surface area contributed by atoms with Crippen LogP contribution in [-0.4, -0.2) is 30.3 Å². The second-order valence-corrected chi connectivity index (χ2v) is 9.19. The fourth-order valence-electron chi connectivity index (χ4n) is 3.88. The predicted octanol–water partition coefficient (Wildman–Crippen LogP) is 5.76. The molecule has 0 radical (unpaired) electrons. The van der Waals surface area contributed by atoms with Crippen molar-refractivity contribution >= 4 is 29.1 Å². The van der Waals surface area contributed by atoms with Gasteiger partial charge in [0, 0.05) is 5.69 Å². The Morgan fingerprint density at radius 2 is 1.78 bits per heavy atom. The highest BCUT2D eigenvalue weighted by Gasteiger charge is 2.28. The van der Waals surface area contributed by atoms with Crippen LogP contribution in [0.3, 0.4) is 0 Å². The summed E-state index contributed by atoms with van der Waals surface area (Å²) in [5.74, 6) is -0.128. The first-order valence-electron chi connectivity index (χ1n) is 11.5. The number of fused-ring (bicyclic) bond motifs is 2. The van der Waals surface area contributed by atoms with E-state index in [1.165, 1.54) is 0 Å². The molecule has 6 heteroatoms. The average molecular weight is 437 g/mol. The Morgan fingerprint density at radius 1 is 1.06 bits per heavy atom. The van der Waals surface area contributed by atoms with Gasteiger partial charge in [-0.2, -0.15) is 0 Å². The smallest absolute Gasteiger partial charge is 0.411 e. The van der Waals surface area contributed by atoms with Crippen molar-refractivity contribution < 1.29 is 19.1 Å². The summed E-state index contributed by atoms with van der Waals surface area (Å²) >= 11 is 0. The number of carbonyl (C=O) groups excluding carboxylic acids is 2. The van der Waals surface area contributed by atoms with E-state index in [0.717, 1.165) is 61.0 Å². The van der Waals surface area contributed by atoms with Crippen LogP contribution in [0.15, 0.2) is 42.5 Å². The standard InChI is InChI=1S/C26H32N2O4/c1-4-26(2,3)31-17-24(29)28-22-11-6-5-8-18(22)12-13-19-14-15-20(16-23(19)28)27-25(30)32-21-9-7-10-21/h5-6,8,11,14-16,21H,4,7,9-10,12-13,17H2,1-3H3,(H,27,30). The Balaban J connectivity index is 1.63. The molecule has 0 spiro atoms. The maximum atomic E-state index is 13.5. The number of hydrogen-bond donors (Lipinski definition) is 1. The Labute approximate surface area is 189 Å². The van der Waals surface area contributed by atoms with Crippen molar-refractivity contribution in [2.45, 2.75) is 71.0 Å². The molecule has 4 rings (SSSR count). The van der Waals surface area contributed by atoms with Crippen LogP contribution in [0.2, 0.25) is 0 Å². The summed E-state index contributed by atoms with van der Waals surface area (Å²) in [4.78, 5) is 27.5. The lowest BCUT2D eigenvalue weighted by Crippen LogP contribution is -2.35. The molecule has 2 aliphatic rings. The number of carbonyl (C=O) groups is 2. The van der Waals surface area contributed by atoms with E-state index in [1.807, 2.05) is 57.2 Å². The molecule has 0 bridgehead atoms. The summed E-state index contributed by atoms with van der Waals surface area (Å²) in [5, 5.41) is 2.83. The Kier molecular flexibility index (Phi) is 6.51. The molecule has 1 saturated carbocycles. The molecule has 1 heterocycles. The SMILES string of the molecule is CCC(C)(C)OCC(=O)N1c2ccccc2CCc2ccc(NC(=O)OC3CCC3)cc21. The van der Waals surface area contributed by atoms with Crippen molar-refractivity contribution in [2.75, 3.05) is 16.8 Å². The van der Waals surface area contributed by atoms with Gasteiger partial charge >= 0.3 is 6.09 Å². The highest BCUT2D eigenvalue weighted by molar-refractivity contribution is 6.03. The molecule has 1 aliphatic heterocycles. The van der Waals surface area contributed by atoms with E-state index in [1.54, 1.807) is 4.90 Å². The van der Waals surface area contributed by atoms with Crippen molar-refractivity contribution in [2.24, 2.45) is 0 Å². The number of rotatable bonds is 6. The average Bonchev–Trinajstić information content (AvgIpc) is 2.91. The van der Waals surface area contributed by atoms with Crippen molar-refractivity contribution in [1.29, 1.82) is 0 Å². The van der Waals surface area contributed by atoms with Gasteiger partial charge in [0.15, 0.2) is 0 Å². The summed E-state index contributed by atoms with van der Waals surface area (Å²) in [5.41, 5.74) is 4.05. The first-order chi connectivity index (χ1) is 15.4. The molecule has 0 atom stereocenters. The molecule has 170 valence electrons. The van der Waals surface area contributed by atoms with Gasteiger partial charge < -0.3 is 9.47 Å². The maximum absolute atomic E-state index is 13.5. The molecule has 2 amide bonds. The number of hydrogen-bond acceptors (Lipinski definition) is 4. The van der Waals surface area contributed by atoms with Gasteiger partial charge in [0.2, 0.25) is 0 Å². The third-order valence-electron chi connectivity index (χ3n) is 6.48. The van der Waals surface area contributed by atoms with Gasteiger partial charge in [-0.05, 0) is 81.7 Å². The van der Waals surface area contributed by atoms with Crippen LogP contribution in [0.4, 0.5) is 21.9 Å². The Hall–Kier alpha value is -2.86. The third-order valence-corrected chi connectivity index (χ3v) is 6.48. The van der Waals surface area contributed by atoms with Gasteiger partial charge in [-0.25, -0.2) is 4.79 Å². The van der Waals surface area contributed by atoms with Gasteiger partial charge in [-0.3, -0.25) is 15.0 Å². The van der Waals surface area contributed by atoms with Gasteiger partial charge in [0.05, 0.1) is 17.0 Å². The normalized spacial score (nSPS) is 15.8. The van der Waals surface area contributed by atoms with E-state index in [-0.39, 0.29) is 24.2 Å².